The highest BCUT2D eigenvalue weighted by atomic mass is 16.2. The Hall–Kier alpha value is -3.28. The summed E-state index contributed by atoms with van der Waals surface area (Å²) in [6, 6.07) is 28.4. The van der Waals surface area contributed by atoms with Gasteiger partial charge in [-0.2, -0.15) is 0 Å². The van der Waals surface area contributed by atoms with Crippen LogP contribution in [0.2, 0.25) is 0 Å². The van der Waals surface area contributed by atoms with E-state index in [4.69, 9.17) is 0 Å². The van der Waals surface area contributed by atoms with Crippen LogP contribution in [0.4, 0.5) is 0 Å². The van der Waals surface area contributed by atoms with Gasteiger partial charge in [0.2, 0.25) is 0 Å². The van der Waals surface area contributed by atoms with E-state index >= 15 is 0 Å². The summed E-state index contributed by atoms with van der Waals surface area (Å²) in [7, 11) is 2.12. The number of rotatable bonds is 12. The average molecular weight is 456 g/mol. The molecule has 5 heteroatoms. The Kier molecular flexibility index (Phi) is 8.23. The third kappa shape index (κ3) is 5.79. The number of likely N-dealkylation sites (N-methyl/N-ethyl adjacent to an activating group) is 1. The van der Waals surface area contributed by atoms with Crippen molar-refractivity contribution in [1.82, 2.24) is 15.1 Å². The summed E-state index contributed by atoms with van der Waals surface area (Å²) >= 11 is 0. The number of carbonyl (C=O) groups excluding carboxylic acids is 2. The van der Waals surface area contributed by atoms with Gasteiger partial charge in [0.1, 0.15) is 0 Å². The van der Waals surface area contributed by atoms with Crippen LogP contribution < -0.4 is 5.32 Å². The van der Waals surface area contributed by atoms with Crippen molar-refractivity contribution < 1.29 is 9.59 Å². The standard InChI is InChI=1S/C29H33N3O2/c1-31(19-10-11-20-32-28(33)25-16-8-9-17-26(25)29(32)34)21-18-30-22-27(23-12-4-2-5-13-23)24-14-6-3-7-15-24/h2-9,12-17,27,30H,10-11,18-22H2,1H3. The Morgan fingerprint density at radius 1 is 0.735 bits per heavy atom. The van der Waals surface area contributed by atoms with Crippen LogP contribution in [-0.2, 0) is 0 Å². The molecule has 1 N–H and O–H groups in total. The summed E-state index contributed by atoms with van der Waals surface area (Å²) in [6.07, 6.45) is 1.76. The van der Waals surface area contributed by atoms with E-state index in [0.29, 0.717) is 23.6 Å². The molecule has 0 unspecified atom stereocenters. The van der Waals surface area contributed by atoms with Crippen LogP contribution in [-0.4, -0.2) is 61.4 Å². The highest BCUT2D eigenvalue weighted by molar-refractivity contribution is 6.21. The van der Waals surface area contributed by atoms with Gasteiger partial charge in [0.25, 0.3) is 11.8 Å². The van der Waals surface area contributed by atoms with Gasteiger partial charge >= 0.3 is 0 Å². The van der Waals surface area contributed by atoms with Gasteiger partial charge in [-0.1, -0.05) is 72.8 Å². The lowest BCUT2D eigenvalue weighted by Crippen LogP contribution is -2.33. The molecule has 0 radical (unpaired) electrons. The van der Waals surface area contributed by atoms with E-state index in [1.807, 2.05) is 0 Å². The molecule has 0 spiro atoms. The highest BCUT2D eigenvalue weighted by Crippen LogP contribution is 2.24. The van der Waals surface area contributed by atoms with E-state index in [2.05, 4.69) is 77.9 Å². The summed E-state index contributed by atoms with van der Waals surface area (Å²) in [6.45, 7) is 4.16. The molecule has 34 heavy (non-hydrogen) atoms. The maximum atomic E-state index is 12.5. The van der Waals surface area contributed by atoms with Crippen LogP contribution in [0.5, 0.6) is 0 Å². The van der Waals surface area contributed by atoms with Crippen molar-refractivity contribution in [3.63, 3.8) is 0 Å². The molecule has 2 amide bonds. The molecular weight excluding hydrogens is 422 g/mol. The molecule has 0 fully saturated rings. The van der Waals surface area contributed by atoms with Crippen molar-refractivity contribution in [2.24, 2.45) is 0 Å². The number of fused-ring (bicyclic) bond motifs is 1. The zero-order valence-electron chi connectivity index (χ0n) is 19.8. The van der Waals surface area contributed by atoms with Crippen molar-refractivity contribution in [2.75, 3.05) is 39.8 Å². The lowest BCUT2D eigenvalue weighted by Gasteiger charge is -2.21. The smallest absolute Gasteiger partial charge is 0.261 e. The van der Waals surface area contributed by atoms with E-state index in [0.717, 1.165) is 39.0 Å². The molecule has 0 atom stereocenters. The van der Waals surface area contributed by atoms with Gasteiger partial charge < -0.3 is 10.2 Å². The van der Waals surface area contributed by atoms with Crippen molar-refractivity contribution in [3.8, 4) is 0 Å². The Labute approximate surface area is 202 Å². The van der Waals surface area contributed by atoms with Crippen LogP contribution in [0.15, 0.2) is 84.9 Å². The number of amides is 2. The van der Waals surface area contributed by atoms with E-state index in [-0.39, 0.29) is 11.8 Å². The summed E-state index contributed by atoms with van der Waals surface area (Å²) in [5.41, 5.74) is 3.70. The lowest BCUT2D eigenvalue weighted by molar-refractivity contribution is 0.0650. The van der Waals surface area contributed by atoms with Crippen LogP contribution in [0.25, 0.3) is 0 Å². The third-order valence-corrected chi connectivity index (χ3v) is 6.47. The maximum Gasteiger partial charge on any atom is 0.261 e. The minimum Gasteiger partial charge on any atom is -0.315 e. The minimum absolute atomic E-state index is 0.162. The quantitative estimate of drug-likeness (QED) is 0.325. The molecule has 1 aliphatic rings. The summed E-state index contributed by atoms with van der Waals surface area (Å²) in [4.78, 5) is 28.6. The second-order valence-corrected chi connectivity index (χ2v) is 8.90. The number of unbranched alkanes of at least 4 members (excludes halogenated alkanes) is 1. The number of hydrogen-bond donors (Lipinski definition) is 1. The van der Waals surface area contributed by atoms with Crippen LogP contribution in [0.3, 0.4) is 0 Å². The second-order valence-electron chi connectivity index (χ2n) is 8.90. The van der Waals surface area contributed by atoms with Gasteiger partial charge in [-0.05, 0) is 49.7 Å². The molecule has 4 rings (SSSR count). The third-order valence-electron chi connectivity index (χ3n) is 6.47. The summed E-state index contributed by atoms with van der Waals surface area (Å²) in [5, 5.41) is 3.63. The number of benzene rings is 3. The molecule has 1 aliphatic heterocycles. The Balaban J connectivity index is 1.17. The van der Waals surface area contributed by atoms with Crippen LogP contribution >= 0.6 is 0 Å². The Bertz CT molecular complexity index is 1010. The fourth-order valence-electron chi connectivity index (χ4n) is 4.52. The van der Waals surface area contributed by atoms with Crippen molar-refractivity contribution >= 4 is 11.8 Å². The van der Waals surface area contributed by atoms with E-state index in [1.165, 1.54) is 16.0 Å². The van der Waals surface area contributed by atoms with Gasteiger partial charge in [0.05, 0.1) is 11.1 Å². The number of carbonyl (C=O) groups is 2. The van der Waals surface area contributed by atoms with Crippen LogP contribution in [0, 0.1) is 0 Å². The van der Waals surface area contributed by atoms with Gasteiger partial charge in [0.15, 0.2) is 0 Å². The molecule has 0 saturated heterocycles. The van der Waals surface area contributed by atoms with Gasteiger partial charge in [-0.25, -0.2) is 0 Å². The SMILES string of the molecule is CN(CCCCN1C(=O)c2ccccc2C1=O)CCNCC(c1ccccc1)c1ccccc1. The lowest BCUT2D eigenvalue weighted by atomic mass is 9.91. The summed E-state index contributed by atoms with van der Waals surface area (Å²) in [5.74, 6) is 0.00134. The van der Waals surface area contributed by atoms with Gasteiger partial charge in [-0.15, -0.1) is 0 Å². The van der Waals surface area contributed by atoms with E-state index < -0.39 is 0 Å². The Morgan fingerprint density at radius 2 is 1.26 bits per heavy atom. The predicted octanol–water partition coefficient (Wildman–Crippen LogP) is 4.42. The van der Waals surface area contributed by atoms with Gasteiger partial charge in [0, 0.05) is 32.1 Å². The fourth-order valence-corrected chi connectivity index (χ4v) is 4.52. The normalized spacial score (nSPS) is 13.2. The molecule has 0 bridgehead atoms. The topological polar surface area (TPSA) is 52.7 Å². The molecule has 0 aliphatic carbocycles. The predicted molar refractivity (Wildman–Crippen MR) is 136 cm³/mol. The Morgan fingerprint density at radius 3 is 1.82 bits per heavy atom. The first kappa shape index (κ1) is 23.9. The average Bonchev–Trinajstić information content (AvgIpc) is 3.12. The van der Waals surface area contributed by atoms with E-state index in [1.54, 1.807) is 24.3 Å². The number of nitrogens with zero attached hydrogens (tertiary/aromatic N) is 2. The number of imide groups is 1. The van der Waals surface area contributed by atoms with E-state index in [9.17, 15) is 9.59 Å². The second kappa shape index (κ2) is 11.7. The first-order chi connectivity index (χ1) is 16.6. The maximum absolute atomic E-state index is 12.5. The molecule has 3 aromatic rings. The largest absolute Gasteiger partial charge is 0.315 e. The molecule has 176 valence electrons. The molecule has 3 aromatic carbocycles. The molecular formula is C29H33N3O2. The first-order valence-corrected chi connectivity index (χ1v) is 12.1. The molecule has 0 aromatic heterocycles. The molecule has 0 saturated carbocycles. The minimum atomic E-state index is -0.162. The van der Waals surface area contributed by atoms with Crippen molar-refractivity contribution in [3.05, 3.63) is 107 Å². The van der Waals surface area contributed by atoms with Crippen LogP contribution in [0.1, 0.15) is 50.6 Å². The van der Waals surface area contributed by atoms with Crippen molar-refractivity contribution in [1.29, 1.82) is 0 Å². The highest BCUT2D eigenvalue weighted by Gasteiger charge is 2.34. The molecule has 1 heterocycles. The molecule has 5 nitrogen and oxygen atoms in total. The van der Waals surface area contributed by atoms with Crippen molar-refractivity contribution in [2.45, 2.75) is 18.8 Å². The zero-order chi connectivity index (χ0) is 23.8. The summed E-state index contributed by atoms with van der Waals surface area (Å²) < 4.78 is 0. The number of hydrogen-bond acceptors (Lipinski definition) is 4. The monoisotopic (exact) mass is 455 g/mol. The first-order valence-electron chi connectivity index (χ1n) is 12.1. The fraction of sp³-hybridized carbons (Fsp3) is 0.310. The zero-order valence-corrected chi connectivity index (χ0v) is 19.8. The van der Waals surface area contributed by atoms with Gasteiger partial charge in [-0.3, -0.25) is 14.5 Å². The number of nitrogens with one attached hydrogen (secondary N) is 1.